The van der Waals surface area contributed by atoms with Crippen LogP contribution in [-0.4, -0.2) is 64.9 Å². The molecule has 0 fully saturated rings. The van der Waals surface area contributed by atoms with Gasteiger partial charge in [-0.3, -0.25) is 4.99 Å². The number of nitrogens with zero attached hydrogens (tertiary/aromatic N) is 2. The molecule has 0 rings (SSSR count). The summed E-state index contributed by atoms with van der Waals surface area (Å²) in [6.07, 6.45) is 2.23. The Bertz CT molecular complexity index is 229. The van der Waals surface area contributed by atoms with Crippen molar-refractivity contribution in [3.8, 4) is 0 Å². The van der Waals surface area contributed by atoms with Gasteiger partial charge in [0.2, 0.25) is 0 Å². The van der Waals surface area contributed by atoms with Gasteiger partial charge >= 0.3 is 0 Å². The summed E-state index contributed by atoms with van der Waals surface area (Å²) in [6.45, 7) is 8.81. The zero-order valence-electron chi connectivity index (χ0n) is 13.3. The van der Waals surface area contributed by atoms with E-state index in [1.807, 2.05) is 0 Å². The van der Waals surface area contributed by atoms with Crippen LogP contribution in [0.5, 0.6) is 0 Å². The van der Waals surface area contributed by atoms with Crippen molar-refractivity contribution >= 4 is 5.96 Å². The standard InChI is InChI=1S/C14H32N4O/c1-13(2)7-11-19-12-9-17-14(15-3)16-8-6-10-18(4)5/h13H,6-12H2,1-5H3,(H2,15,16,17). The fourth-order valence-electron chi connectivity index (χ4n) is 1.49. The average molecular weight is 272 g/mol. The highest BCUT2D eigenvalue weighted by atomic mass is 16.5. The Kier molecular flexibility index (Phi) is 11.7. The Morgan fingerprint density at radius 3 is 2.42 bits per heavy atom. The summed E-state index contributed by atoms with van der Waals surface area (Å²) in [5.74, 6) is 1.56. The maximum absolute atomic E-state index is 5.54. The number of ether oxygens (including phenoxy) is 1. The van der Waals surface area contributed by atoms with Gasteiger partial charge in [0.15, 0.2) is 5.96 Å². The van der Waals surface area contributed by atoms with Crippen molar-refractivity contribution in [2.75, 3.05) is 54.0 Å². The second-order valence-electron chi connectivity index (χ2n) is 5.38. The molecule has 19 heavy (non-hydrogen) atoms. The normalized spacial score (nSPS) is 12.3. The van der Waals surface area contributed by atoms with E-state index in [1.54, 1.807) is 7.05 Å². The first-order valence-electron chi connectivity index (χ1n) is 7.23. The van der Waals surface area contributed by atoms with Crippen molar-refractivity contribution in [3.63, 3.8) is 0 Å². The maximum Gasteiger partial charge on any atom is 0.191 e. The SMILES string of the molecule is CN=C(NCCCN(C)C)NCCOCCC(C)C. The van der Waals surface area contributed by atoms with Crippen molar-refractivity contribution in [2.24, 2.45) is 10.9 Å². The maximum atomic E-state index is 5.54. The molecule has 2 N–H and O–H groups in total. The van der Waals surface area contributed by atoms with E-state index in [9.17, 15) is 0 Å². The van der Waals surface area contributed by atoms with Gasteiger partial charge in [0.25, 0.3) is 0 Å². The van der Waals surface area contributed by atoms with Crippen LogP contribution in [0.15, 0.2) is 4.99 Å². The van der Waals surface area contributed by atoms with Gasteiger partial charge in [0, 0.05) is 26.7 Å². The molecule has 5 nitrogen and oxygen atoms in total. The van der Waals surface area contributed by atoms with Gasteiger partial charge in [0.1, 0.15) is 0 Å². The molecule has 0 aliphatic rings. The fraction of sp³-hybridized carbons (Fsp3) is 0.929. The van der Waals surface area contributed by atoms with Crippen LogP contribution in [0.4, 0.5) is 0 Å². The first-order valence-corrected chi connectivity index (χ1v) is 7.23. The van der Waals surface area contributed by atoms with Crippen molar-refractivity contribution in [1.29, 1.82) is 0 Å². The molecule has 0 bridgehead atoms. The molecule has 0 radical (unpaired) electrons. The zero-order valence-corrected chi connectivity index (χ0v) is 13.3. The minimum atomic E-state index is 0.707. The first-order chi connectivity index (χ1) is 9.06. The van der Waals surface area contributed by atoms with Crippen LogP contribution in [0.25, 0.3) is 0 Å². The molecule has 0 aromatic rings. The lowest BCUT2D eigenvalue weighted by molar-refractivity contribution is 0.128. The van der Waals surface area contributed by atoms with E-state index in [-0.39, 0.29) is 0 Å². The molecule has 0 atom stereocenters. The third-order valence-electron chi connectivity index (χ3n) is 2.68. The number of hydrogen-bond donors (Lipinski definition) is 2. The van der Waals surface area contributed by atoms with Gasteiger partial charge in [-0.1, -0.05) is 13.8 Å². The van der Waals surface area contributed by atoms with E-state index in [2.05, 4.69) is 48.5 Å². The molecule has 0 unspecified atom stereocenters. The quantitative estimate of drug-likeness (QED) is 0.356. The summed E-state index contributed by atoms with van der Waals surface area (Å²) in [7, 11) is 5.96. The van der Waals surface area contributed by atoms with Crippen molar-refractivity contribution in [1.82, 2.24) is 15.5 Å². The number of hydrogen-bond acceptors (Lipinski definition) is 3. The summed E-state index contributed by atoms with van der Waals surface area (Å²) < 4.78 is 5.54. The minimum Gasteiger partial charge on any atom is -0.380 e. The van der Waals surface area contributed by atoms with Crippen molar-refractivity contribution in [3.05, 3.63) is 0 Å². The lowest BCUT2D eigenvalue weighted by Crippen LogP contribution is -2.40. The molecule has 0 aliphatic heterocycles. The van der Waals surface area contributed by atoms with Gasteiger partial charge < -0.3 is 20.3 Å². The Morgan fingerprint density at radius 2 is 1.84 bits per heavy atom. The van der Waals surface area contributed by atoms with E-state index in [4.69, 9.17) is 4.74 Å². The Morgan fingerprint density at radius 1 is 1.16 bits per heavy atom. The summed E-state index contributed by atoms with van der Waals surface area (Å²) >= 11 is 0. The first kappa shape index (κ1) is 18.2. The highest BCUT2D eigenvalue weighted by molar-refractivity contribution is 5.79. The smallest absolute Gasteiger partial charge is 0.191 e. The van der Waals surface area contributed by atoms with Gasteiger partial charge in [-0.15, -0.1) is 0 Å². The van der Waals surface area contributed by atoms with E-state index < -0.39 is 0 Å². The number of aliphatic imine (C=N–C) groups is 1. The second kappa shape index (κ2) is 12.2. The molecule has 0 amide bonds. The largest absolute Gasteiger partial charge is 0.380 e. The monoisotopic (exact) mass is 272 g/mol. The van der Waals surface area contributed by atoms with E-state index >= 15 is 0 Å². The van der Waals surface area contributed by atoms with E-state index in [1.165, 1.54) is 0 Å². The lowest BCUT2D eigenvalue weighted by atomic mass is 10.1. The molecule has 0 aromatic heterocycles. The number of rotatable bonds is 10. The molecular formula is C14H32N4O. The average Bonchev–Trinajstić information content (AvgIpc) is 2.35. The lowest BCUT2D eigenvalue weighted by Gasteiger charge is -2.13. The van der Waals surface area contributed by atoms with Crippen LogP contribution < -0.4 is 10.6 Å². The van der Waals surface area contributed by atoms with E-state index in [0.29, 0.717) is 5.92 Å². The molecule has 114 valence electrons. The summed E-state index contributed by atoms with van der Waals surface area (Å²) in [5.41, 5.74) is 0. The van der Waals surface area contributed by atoms with E-state index in [0.717, 1.165) is 51.6 Å². The molecule has 0 aromatic carbocycles. The van der Waals surface area contributed by atoms with Crippen LogP contribution in [0.2, 0.25) is 0 Å². The molecule has 0 spiro atoms. The predicted molar refractivity (Wildman–Crippen MR) is 82.8 cm³/mol. The topological polar surface area (TPSA) is 48.9 Å². The number of guanidine groups is 1. The van der Waals surface area contributed by atoms with Gasteiger partial charge in [-0.05, 0) is 39.4 Å². The van der Waals surface area contributed by atoms with Gasteiger partial charge in [-0.2, -0.15) is 0 Å². The predicted octanol–water partition coefficient (Wildman–Crippen LogP) is 1.17. The third-order valence-corrected chi connectivity index (χ3v) is 2.68. The Labute approximate surface area is 118 Å². The summed E-state index contributed by atoms with van der Waals surface area (Å²) in [4.78, 5) is 6.36. The van der Waals surface area contributed by atoms with Crippen molar-refractivity contribution < 1.29 is 4.74 Å². The summed E-state index contributed by atoms with van der Waals surface area (Å²) in [5, 5.41) is 6.54. The third kappa shape index (κ3) is 13.4. The Hall–Kier alpha value is -0.810. The Balaban J connectivity index is 3.45. The van der Waals surface area contributed by atoms with Crippen LogP contribution in [0.3, 0.4) is 0 Å². The van der Waals surface area contributed by atoms with Crippen LogP contribution >= 0.6 is 0 Å². The van der Waals surface area contributed by atoms with Gasteiger partial charge in [-0.25, -0.2) is 0 Å². The molecule has 0 saturated heterocycles. The minimum absolute atomic E-state index is 0.707. The highest BCUT2D eigenvalue weighted by Gasteiger charge is 1.98. The number of nitrogens with one attached hydrogen (secondary N) is 2. The summed E-state index contributed by atoms with van der Waals surface area (Å²) in [6, 6.07) is 0. The fourth-order valence-corrected chi connectivity index (χ4v) is 1.49. The van der Waals surface area contributed by atoms with Crippen molar-refractivity contribution in [2.45, 2.75) is 26.7 Å². The molecule has 0 aliphatic carbocycles. The molecule has 0 saturated carbocycles. The van der Waals surface area contributed by atoms with Gasteiger partial charge in [0.05, 0.1) is 6.61 Å². The highest BCUT2D eigenvalue weighted by Crippen LogP contribution is 1.98. The second-order valence-corrected chi connectivity index (χ2v) is 5.38. The zero-order chi connectivity index (χ0) is 14.5. The molecular weight excluding hydrogens is 240 g/mol. The molecule has 5 heteroatoms. The molecule has 0 heterocycles. The van der Waals surface area contributed by atoms with Crippen LogP contribution in [0, 0.1) is 5.92 Å². The van der Waals surface area contributed by atoms with Crippen LogP contribution in [0.1, 0.15) is 26.7 Å². The van der Waals surface area contributed by atoms with Crippen LogP contribution in [-0.2, 0) is 4.74 Å².